The molecule has 0 fully saturated rings. The fourth-order valence-electron chi connectivity index (χ4n) is 1.61. The third-order valence-electron chi connectivity index (χ3n) is 2.66. The third kappa shape index (κ3) is 4.83. The second-order valence-corrected chi connectivity index (χ2v) is 7.25. The number of aromatic nitrogens is 2. The van der Waals surface area contributed by atoms with Gasteiger partial charge in [0.15, 0.2) is 5.16 Å². The van der Waals surface area contributed by atoms with Gasteiger partial charge < -0.3 is 10.7 Å². The number of benzene rings is 1. The van der Waals surface area contributed by atoms with Crippen LogP contribution in [0.25, 0.3) is 0 Å². The molecular formula is C13H14N4O4S2. The maximum atomic E-state index is 12.0. The van der Waals surface area contributed by atoms with E-state index in [-0.39, 0.29) is 21.6 Å². The van der Waals surface area contributed by atoms with Crippen molar-refractivity contribution in [2.45, 2.75) is 17.0 Å². The molecule has 10 heteroatoms. The van der Waals surface area contributed by atoms with Gasteiger partial charge in [0.05, 0.1) is 10.6 Å². The van der Waals surface area contributed by atoms with E-state index < -0.39 is 21.5 Å². The second kappa shape index (κ2) is 6.84. The van der Waals surface area contributed by atoms with E-state index in [0.29, 0.717) is 0 Å². The highest BCUT2D eigenvalue weighted by molar-refractivity contribution is 8.00. The number of rotatable bonds is 5. The van der Waals surface area contributed by atoms with Crippen LogP contribution in [0, 0.1) is 6.92 Å². The van der Waals surface area contributed by atoms with Crippen LogP contribution in [-0.4, -0.2) is 30.0 Å². The van der Waals surface area contributed by atoms with Crippen LogP contribution in [0.4, 0.5) is 5.82 Å². The number of sulfonamides is 1. The fourth-order valence-corrected chi connectivity index (χ4v) is 3.37. The SMILES string of the molecule is Cc1ccc(S(=O)(=O)NC(=O)CSc2nc(N)cc(=O)[nH]2)cc1. The van der Waals surface area contributed by atoms with Crippen molar-refractivity contribution in [3.05, 3.63) is 46.2 Å². The van der Waals surface area contributed by atoms with Gasteiger partial charge in [-0.3, -0.25) is 9.59 Å². The molecule has 1 aromatic carbocycles. The number of hydrogen-bond donors (Lipinski definition) is 3. The highest BCUT2D eigenvalue weighted by Crippen LogP contribution is 2.13. The highest BCUT2D eigenvalue weighted by atomic mass is 32.2. The number of carbonyl (C=O) groups excluding carboxylic acids is 1. The molecule has 0 saturated heterocycles. The zero-order chi connectivity index (χ0) is 17.0. The molecule has 2 aromatic rings. The number of aromatic amines is 1. The first-order valence-electron chi connectivity index (χ1n) is 6.38. The summed E-state index contributed by atoms with van der Waals surface area (Å²) in [5, 5.41) is 0.137. The number of nitrogens with zero attached hydrogens (tertiary/aromatic N) is 1. The van der Waals surface area contributed by atoms with Gasteiger partial charge >= 0.3 is 0 Å². The van der Waals surface area contributed by atoms with Crippen molar-refractivity contribution in [3.63, 3.8) is 0 Å². The number of nitrogens with two attached hydrogens (primary N) is 1. The molecule has 0 saturated carbocycles. The Kier molecular flexibility index (Phi) is 5.06. The van der Waals surface area contributed by atoms with Gasteiger partial charge in [-0.1, -0.05) is 29.5 Å². The zero-order valence-corrected chi connectivity index (χ0v) is 13.7. The van der Waals surface area contributed by atoms with Crippen molar-refractivity contribution in [3.8, 4) is 0 Å². The molecule has 0 unspecified atom stereocenters. The third-order valence-corrected chi connectivity index (χ3v) is 4.92. The average Bonchev–Trinajstić information content (AvgIpc) is 2.44. The number of thioether (sulfide) groups is 1. The molecular weight excluding hydrogens is 340 g/mol. The van der Waals surface area contributed by atoms with Gasteiger partial charge in [-0.05, 0) is 19.1 Å². The number of anilines is 1. The van der Waals surface area contributed by atoms with Gasteiger partial charge in [0.1, 0.15) is 5.82 Å². The molecule has 1 amide bonds. The van der Waals surface area contributed by atoms with E-state index in [1.165, 1.54) is 12.1 Å². The standard InChI is InChI=1S/C13H14N4O4S2/c1-8-2-4-9(5-3-8)23(20,21)17-12(19)7-22-13-15-10(14)6-11(18)16-13/h2-6H,7H2,1H3,(H,17,19)(H3,14,15,16,18). The molecule has 23 heavy (non-hydrogen) atoms. The summed E-state index contributed by atoms with van der Waals surface area (Å²) in [5.41, 5.74) is 5.87. The molecule has 1 aromatic heterocycles. The summed E-state index contributed by atoms with van der Waals surface area (Å²) in [6.07, 6.45) is 0. The summed E-state index contributed by atoms with van der Waals surface area (Å²) < 4.78 is 26.0. The predicted octanol–water partition coefficient (Wildman–Crippen LogP) is 0.258. The lowest BCUT2D eigenvalue weighted by Crippen LogP contribution is -2.32. The average molecular weight is 354 g/mol. The summed E-state index contributed by atoms with van der Waals surface area (Å²) in [6.45, 7) is 1.82. The molecule has 122 valence electrons. The normalized spacial score (nSPS) is 11.2. The van der Waals surface area contributed by atoms with E-state index in [0.717, 1.165) is 23.4 Å². The number of H-pyrrole nitrogens is 1. The molecule has 0 aliphatic rings. The first kappa shape index (κ1) is 17.0. The summed E-state index contributed by atoms with van der Waals surface area (Å²) in [4.78, 5) is 29.2. The molecule has 2 rings (SSSR count). The largest absolute Gasteiger partial charge is 0.383 e. The Balaban J connectivity index is 2.01. The lowest BCUT2D eigenvalue weighted by Gasteiger charge is -2.07. The van der Waals surface area contributed by atoms with E-state index in [9.17, 15) is 18.0 Å². The molecule has 0 aliphatic carbocycles. The lowest BCUT2D eigenvalue weighted by molar-refractivity contribution is -0.116. The number of aryl methyl sites for hydroxylation is 1. The quantitative estimate of drug-likeness (QED) is 0.517. The molecule has 0 aliphatic heterocycles. The first-order valence-corrected chi connectivity index (χ1v) is 8.85. The van der Waals surface area contributed by atoms with Crippen molar-refractivity contribution in [2.75, 3.05) is 11.5 Å². The maximum Gasteiger partial charge on any atom is 0.264 e. The van der Waals surface area contributed by atoms with Crippen LogP contribution in [0.15, 0.2) is 45.2 Å². The first-order chi connectivity index (χ1) is 10.8. The highest BCUT2D eigenvalue weighted by Gasteiger charge is 2.17. The van der Waals surface area contributed by atoms with Crippen molar-refractivity contribution in [1.29, 1.82) is 0 Å². The van der Waals surface area contributed by atoms with Crippen LogP contribution in [0.1, 0.15) is 5.56 Å². The van der Waals surface area contributed by atoms with Crippen molar-refractivity contribution in [1.82, 2.24) is 14.7 Å². The van der Waals surface area contributed by atoms with Gasteiger partial charge in [0.2, 0.25) is 5.91 Å². The molecule has 0 bridgehead atoms. The fraction of sp³-hybridized carbons (Fsp3) is 0.154. The van der Waals surface area contributed by atoms with E-state index in [4.69, 9.17) is 5.73 Å². The monoisotopic (exact) mass is 354 g/mol. The minimum absolute atomic E-state index is 0.00284. The smallest absolute Gasteiger partial charge is 0.264 e. The molecule has 4 N–H and O–H groups in total. The van der Waals surface area contributed by atoms with Crippen LogP contribution >= 0.6 is 11.8 Å². The lowest BCUT2D eigenvalue weighted by atomic mass is 10.2. The van der Waals surface area contributed by atoms with Crippen molar-refractivity contribution < 1.29 is 13.2 Å². The maximum absolute atomic E-state index is 12.0. The minimum Gasteiger partial charge on any atom is -0.383 e. The summed E-state index contributed by atoms with van der Waals surface area (Å²) >= 11 is 0.872. The zero-order valence-electron chi connectivity index (χ0n) is 12.1. The Bertz CT molecular complexity index is 876. The van der Waals surface area contributed by atoms with Gasteiger partial charge in [-0.25, -0.2) is 18.1 Å². The second-order valence-electron chi connectivity index (χ2n) is 4.61. The van der Waals surface area contributed by atoms with Gasteiger partial charge in [0.25, 0.3) is 15.6 Å². The number of amides is 1. The molecule has 1 heterocycles. The van der Waals surface area contributed by atoms with Gasteiger partial charge in [-0.15, -0.1) is 0 Å². The summed E-state index contributed by atoms with van der Waals surface area (Å²) in [5.74, 6) is -0.957. The topological polar surface area (TPSA) is 135 Å². The number of carbonyl (C=O) groups is 1. The minimum atomic E-state index is -3.93. The molecule has 0 radical (unpaired) electrons. The molecule has 8 nitrogen and oxygen atoms in total. The van der Waals surface area contributed by atoms with E-state index >= 15 is 0 Å². The van der Waals surface area contributed by atoms with E-state index in [1.54, 1.807) is 12.1 Å². The predicted molar refractivity (Wildman–Crippen MR) is 86.5 cm³/mol. The van der Waals surface area contributed by atoms with E-state index in [1.807, 2.05) is 11.6 Å². The van der Waals surface area contributed by atoms with Crippen LogP contribution < -0.4 is 16.0 Å². The Morgan fingerprint density at radius 3 is 2.61 bits per heavy atom. The van der Waals surface area contributed by atoms with Crippen LogP contribution in [0.3, 0.4) is 0 Å². The van der Waals surface area contributed by atoms with Crippen LogP contribution in [0.2, 0.25) is 0 Å². The Morgan fingerprint density at radius 2 is 2.00 bits per heavy atom. The number of nitrogens with one attached hydrogen (secondary N) is 2. The Morgan fingerprint density at radius 1 is 1.35 bits per heavy atom. The van der Waals surface area contributed by atoms with Crippen molar-refractivity contribution >= 4 is 33.5 Å². The Labute approximate surface area is 136 Å². The summed E-state index contributed by atoms with van der Waals surface area (Å²) in [7, 11) is -3.93. The van der Waals surface area contributed by atoms with E-state index in [2.05, 4.69) is 9.97 Å². The van der Waals surface area contributed by atoms with Gasteiger partial charge in [0, 0.05) is 6.07 Å². The molecule has 0 atom stereocenters. The number of nitrogen functional groups attached to an aromatic ring is 1. The Hall–Kier alpha value is -2.33. The van der Waals surface area contributed by atoms with Crippen molar-refractivity contribution in [2.24, 2.45) is 0 Å². The van der Waals surface area contributed by atoms with Gasteiger partial charge in [-0.2, -0.15) is 0 Å². The van der Waals surface area contributed by atoms with Crippen LogP contribution in [-0.2, 0) is 14.8 Å². The molecule has 0 spiro atoms. The van der Waals surface area contributed by atoms with Crippen LogP contribution in [0.5, 0.6) is 0 Å². The number of hydrogen-bond acceptors (Lipinski definition) is 7. The summed E-state index contributed by atoms with van der Waals surface area (Å²) in [6, 6.07) is 7.19.